The van der Waals surface area contributed by atoms with Crippen molar-refractivity contribution in [1.29, 1.82) is 0 Å². The fraction of sp³-hybridized carbons (Fsp3) is 0.278. The minimum Gasteiger partial charge on any atom is -0.497 e. The van der Waals surface area contributed by atoms with Gasteiger partial charge in [-0.25, -0.2) is 0 Å². The molecule has 1 amide bonds. The number of ether oxygens (including phenoxy) is 3. The Labute approximate surface area is 257 Å². The maximum absolute atomic E-state index is 14.0. The van der Waals surface area contributed by atoms with Gasteiger partial charge in [-0.3, -0.25) is 14.5 Å². The quantitative estimate of drug-likeness (QED) is 0.254. The number of amides is 1. The molecule has 1 fully saturated rings. The molecule has 0 unspecified atom stereocenters. The van der Waals surface area contributed by atoms with Crippen molar-refractivity contribution < 1.29 is 28.9 Å². The molecule has 2 N–H and O–H groups in total. The Hall–Kier alpha value is -4.82. The number of carboxylic acids is 1. The Bertz CT molecular complexity index is 1620. The molecule has 1 saturated heterocycles. The van der Waals surface area contributed by atoms with E-state index in [0.717, 1.165) is 33.4 Å². The van der Waals surface area contributed by atoms with Gasteiger partial charge in [0.1, 0.15) is 5.75 Å². The van der Waals surface area contributed by atoms with E-state index in [4.69, 9.17) is 14.2 Å². The molecule has 4 aromatic rings. The third-order valence-electron chi connectivity index (χ3n) is 8.82. The minimum absolute atomic E-state index is 0.0236. The van der Waals surface area contributed by atoms with Gasteiger partial charge in [-0.15, -0.1) is 0 Å². The number of aliphatic carboxylic acids is 1. The lowest BCUT2D eigenvalue weighted by Gasteiger charge is -2.29. The molecular weight excluding hydrogens is 556 g/mol. The number of methoxy groups -OCH3 is 1. The summed E-state index contributed by atoms with van der Waals surface area (Å²) < 4.78 is 16.5. The van der Waals surface area contributed by atoms with Crippen molar-refractivity contribution in [2.75, 3.05) is 27.0 Å². The zero-order valence-corrected chi connectivity index (χ0v) is 25.0. The maximum Gasteiger partial charge on any atom is 0.309 e. The van der Waals surface area contributed by atoms with Gasteiger partial charge in [0.25, 0.3) is 0 Å². The molecule has 2 aliphatic rings. The van der Waals surface area contributed by atoms with Gasteiger partial charge in [-0.2, -0.15) is 0 Å². The maximum atomic E-state index is 14.0. The molecule has 0 spiro atoms. The molecule has 0 saturated carbocycles. The molecule has 6 rings (SSSR count). The third kappa shape index (κ3) is 5.73. The van der Waals surface area contributed by atoms with Crippen LogP contribution in [0, 0.1) is 19.8 Å². The van der Waals surface area contributed by atoms with Gasteiger partial charge < -0.3 is 24.6 Å². The summed E-state index contributed by atoms with van der Waals surface area (Å²) in [5.41, 5.74) is 5.83. The first-order valence-corrected chi connectivity index (χ1v) is 14.7. The predicted octanol–water partition coefficient (Wildman–Crippen LogP) is 5.79. The number of rotatable bonds is 9. The summed E-state index contributed by atoms with van der Waals surface area (Å²) in [6, 6.07) is 28.2. The number of aryl methyl sites for hydroxylation is 2. The van der Waals surface area contributed by atoms with E-state index >= 15 is 0 Å². The van der Waals surface area contributed by atoms with Crippen LogP contribution in [0.1, 0.15) is 51.4 Å². The fourth-order valence-corrected chi connectivity index (χ4v) is 6.61. The van der Waals surface area contributed by atoms with Crippen molar-refractivity contribution >= 4 is 11.9 Å². The number of benzene rings is 4. The molecule has 0 bridgehead atoms. The van der Waals surface area contributed by atoms with E-state index in [2.05, 4.69) is 5.32 Å². The van der Waals surface area contributed by atoms with Crippen molar-refractivity contribution in [3.8, 4) is 17.2 Å². The van der Waals surface area contributed by atoms with Crippen LogP contribution in [0.15, 0.2) is 91.0 Å². The van der Waals surface area contributed by atoms with Crippen molar-refractivity contribution in [3.05, 3.63) is 124 Å². The monoisotopic (exact) mass is 592 g/mol. The standard InChI is InChI=1S/C36H36N2O6/c1-22-8-4-6-10-27(22)34(28-11-7-5-9-23(28)2)37-32(39)20-38-19-29(25-14-17-30-31(18-25)44-21-43-30)33(36(40)41)35(38)24-12-15-26(42-3)16-13-24/h4-18,29,33-35H,19-21H2,1-3H3,(H,37,39)(H,40,41)/t29-,33-,35+/m0/s1. The van der Waals surface area contributed by atoms with Crippen LogP contribution < -0.4 is 19.5 Å². The molecule has 44 heavy (non-hydrogen) atoms. The number of nitrogens with zero attached hydrogens (tertiary/aromatic N) is 1. The van der Waals surface area contributed by atoms with E-state index < -0.39 is 17.9 Å². The second-order valence-corrected chi connectivity index (χ2v) is 11.4. The Kier molecular flexibility index (Phi) is 8.26. The predicted molar refractivity (Wildman–Crippen MR) is 166 cm³/mol. The molecule has 2 aliphatic heterocycles. The van der Waals surface area contributed by atoms with Gasteiger partial charge in [-0.05, 0) is 71.5 Å². The number of carbonyl (C=O) groups is 2. The Morgan fingerprint density at radius 3 is 2.11 bits per heavy atom. The lowest BCUT2D eigenvalue weighted by molar-refractivity contribution is -0.143. The van der Waals surface area contributed by atoms with Crippen LogP contribution in [-0.2, 0) is 9.59 Å². The van der Waals surface area contributed by atoms with E-state index in [-0.39, 0.29) is 31.2 Å². The van der Waals surface area contributed by atoms with Crippen molar-refractivity contribution in [2.45, 2.75) is 31.8 Å². The molecule has 226 valence electrons. The lowest BCUT2D eigenvalue weighted by atomic mass is 9.82. The average Bonchev–Trinajstić information content (AvgIpc) is 3.65. The Morgan fingerprint density at radius 1 is 0.886 bits per heavy atom. The van der Waals surface area contributed by atoms with Gasteiger partial charge in [0.2, 0.25) is 12.7 Å². The van der Waals surface area contributed by atoms with Crippen LogP contribution in [-0.4, -0.2) is 48.9 Å². The minimum atomic E-state index is -0.922. The largest absolute Gasteiger partial charge is 0.497 e. The molecule has 8 nitrogen and oxygen atoms in total. The highest BCUT2D eigenvalue weighted by Crippen LogP contribution is 2.47. The van der Waals surface area contributed by atoms with E-state index in [1.165, 1.54) is 0 Å². The number of nitrogens with one attached hydrogen (secondary N) is 1. The average molecular weight is 593 g/mol. The number of hydrogen-bond acceptors (Lipinski definition) is 6. The first kappa shape index (κ1) is 29.3. The summed E-state index contributed by atoms with van der Waals surface area (Å²) >= 11 is 0. The Morgan fingerprint density at radius 2 is 1.50 bits per heavy atom. The second-order valence-electron chi connectivity index (χ2n) is 11.4. The summed E-state index contributed by atoms with van der Waals surface area (Å²) in [7, 11) is 1.59. The summed E-state index contributed by atoms with van der Waals surface area (Å²) in [4.78, 5) is 28.9. The summed E-state index contributed by atoms with van der Waals surface area (Å²) in [5, 5.41) is 13.9. The van der Waals surface area contributed by atoms with Gasteiger partial charge >= 0.3 is 5.97 Å². The summed E-state index contributed by atoms with van der Waals surface area (Å²) in [6.07, 6.45) is 0. The van der Waals surface area contributed by atoms with Crippen molar-refractivity contribution in [1.82, 2.24) is 10.2 Å². The Balaban J connectivity index is 1.34. The number of likely N-dealkylation sites (tertiary alicyclic amines) is 1. The summed E-state index contributed by atoms with van der Waals surface area (Å²) in [6.45, 7) is 4.62. The zero-order chi connectivity index (χ0) is 30.8. The molecule has 0 radical (unpaired) electrons. The molecule has 3 atom stereocenters. The first-order valence-electron chi connectivity index (χ1n) is 14.7. The number of hydrogen-bond donors (Lipinski definition) is 2. The first-order chi connectivity index (χ1) is 21.3. The van der Waals surface area contributed by atoms with E-state index in [1.807, 2.05) is 110 Å². The fourth-order valence-electron chi connectivity index (χ4n) is 6.61. The van der Waals surface area contributed by atoms with Crippen molar-refractivity contribution in [2.24, 2.45) is 5.92 Å². The van der Waals surface area contributed by atoms with Gasteiger partial charge in [-0.1, -0.05) is 66.7 Å². The van der Waals surface area contributed by atoms with E-state index in [0.29, 0.717) is 23.8 Å². The van der Waals surface area contributed by atoms with Crippen molar-refractivity contribution in [3.63, 3.8) is 0 Å². The zero-order valence-electron chi connectivity index (χ0n) is 25.0. The second kappa shape index (κ2) is 12.4. The summed E-state index contributed by atoms with van der Waals surface area (Å²) in [5.74, 6) is -0.382. The van der Waals surface area contributed by atoms with Gasteiger partial charge in [0.15, 0.2) is 11.5 Å². The number of fused-ring (bicyclic) bond motifs is 1. The highest BCUT2D eigenvalue weighted by molar-refractivity contribution is 5.80. The highest BCUT2D eigenvalue weighted by Gasteiger charge is 2.48. The molecule has 2 heterocycles. The molecule has 0 aliphatic carbocycles. The van der Waals surface area contributed by atoms with Crippen LogP contribution in [0.3, 0.4) is 0 Å². The molecule has 8 heteroatoms. The van der Waals surface area contributed by atoms with E-state index in [9.17, 15) is 14.7 Å². The van der Waals surface area contributed by atoms with E-state index in [1.54, 1.807) is 7.11 Å². The van der Waals surface area contributed by atoms with Crippen LogP contribution in [0.4, 0.5) is 0 Å². The lowest BCUT2D eigenvalue weighted by Crippen LogP contribution is -2.40. The highest BCUT2D eigenvalue weighted by atomic mass is 16.7. The molecular formula is C36H36N2O6. The molecule has 0 aromatic heterocycles. The van der Waals surface area contributed by atoms with Gasteiger partial charge in [0, 0.05) is 18.5 Å². The normalized spacial score (nSPS) is 19.2. The topological polar surface area (TPSA) is 97.3 Å². The smallest absolute Gasteiger partial charge is 0.309 e. The van der Waals surface area contributed by atoms with Crippen LogP contribution in [0.5, 0.6) is 17.2 Å². The third-order valence-corrected chi connectivity index (χ3v) is 8.82. The number of carbonyl (C=O) groups excluding carboxylic acids is 1. The van der Waals surface area contributed by atoms with Crippen LogP contribution in [0.2, 0.25) is 0 Å². The van der Waals surface area contributed by atoms with Crippen LogP contribution in [0.25, 0.3) is 0 Å². The van der Waals surface area contributed by atoms with Crippen LogP contribution >= 0.6 is 0 Å². The SMILES string of the molecule is COc1ccc([C@@H]2[C@@H](C(=O)O)[C@H](c3ccc4c(c3)OCO4)CN2CC(=O)NC(c2ccccc2C)c2ccccc2C)cc1. The number of carboxylic acid groups (broad SMARTS) is 1. The molecule has 4 aromatic carbocycles. The van der Waals surface area contributed by atoms with Gasteiger partial charge in [0.05, 0.1) is 25.6 Å².